The van der Waals surface area contributed by atoms with Crippen LogP contribution < -0.4 is 9.80 Å². The van der Waals surface area contributed by atoms with Crippen LogP contribution in [0, 0.1) is 0 Å². The fourth-order valence-electron chi connectivity index (χ4n) is 3.12. The van der Waals surface area contributed by atoms with Crippen molar-refractivity contribution in [2.24, 2.45) is 0 Å². The zero-order chi connectivity index (χ0) is 21.0. The van der Waals surface area contributed by atoms with Crippen molar-refractivity contribution in [3.8, 4) is 0 Å². The second-order valence-corrected chi connectivity index (χ2v) is 7.16. The minimum absolute atomic E-state index is 0.390. The first-order chi connectivity index (χ1) is 13.1. The number of carbonyl (C=O) groups excluding carboxylic acids is 1. The fraction of sp³-hybridized carbons (Fsp3) is 0.381. The predicted molar refractivity (Wildman–Crippen MR) is 108 cm³/mol. The molecule has 2 aromatic rings. The first-order valence-electron chi connectivity index (χ1n) is 8.94. The highest BCUT2D eigenvalue weighted by molar-refractivity contribution is 5.92. The number of rotatable bonds is 8. The van der Waals surface area contributed by atoms with Crippen LogP contribution in [0.1, 0.15) is 23.0 Å². The van der Waals surface area contributed by atoms with Gasteiger partial charge < -0.3 is 30.2 Å². The molecule has 7 nitrogen and oxygen atoms in total. The minimum Gasteiger partial charge on any atom is -0.378 e. The van der Waals surface area contributed by atoms with Crippen LogP contribution >= 0.6 is 0 Å². The van der Waals surface area contributed by atoms with E-state index in [1.54, 1.807) is 48.5 Å². The molecule has 0 saturated carbocycles. The molecule has 2 unspecified atom stereocenters. The molecule has 0 aliphatic carbocycles. The molecule has 0 bridgehead atoms. The summed E-state index contributed by atoms with van der Waals surface area (Å²) in [6, 6.07) is 13.6. The van der Waals surface area contributed by atoms with Crippen LogP contribution in [0.15, 0.2) is 48.5 Å². The molecule has 0 aliphatic heterocycles. The molecule has 0 fully saturated rings. The zero-order valence-electron chi connectivity index (χ0n) is 16.5. The standard InChI is InChI=1S/C21H28N2O5/c1-22(2)15-9-5-13(6-10-15)17(20(25)26)19(24)18(21(27)28)14-7-11-16(12-8-14)23(3)4/h5-12,17-18,20-21,25-28H,1-4H3. The summed E-state index contributed by atoms with van der Waals surface area (Å²) < 4.78 is 0. The Bertz CT molecular complexity index is 705. The largest absolute Gasteiger partial charge is 0.378 e. The second-order valence-electron chi connectivity index (χ2n) is 7.16. The van der Waals surface area contributed by atoms with Gasteiger partial charge in [-0.2, -0.15) is 0 Å². The van der Waals surface area contributed by atoms with Gasteiger partial charge in [0.05, 0.1) is 11.8 Å². The van der Waals surface area contributed by atoms with Gasteiger partial charge in [-0.1, -0.05) is 24.3 Å². The molecule has 0 saturated heterocycles. The smallest absolute Gasteiger partial charge is 0.165 e. The molecule has 28 heavy (non-hydrogen) atoms. The van der Waals surface area contributed by atoms with Crippen LogP contribution in [0.4, 0.5) is 11.4 Å². The maximum Gasteiger partial charge on any atom is 0.165 e. The van der Waals surface area contributed by atoms with Crippen molar-refractivity contribution >= 4 is 17.2 Å². The molecule has 2 atom stereocenters. The molecule has 7 heteroatoms. The topological polar surface area (TPSA) is 104 Å². The van der Waals surface area contributed by atoms with Crippen molar-refractivity contribution in [3.05, 3.63) is 59.7 Å². The van der Waals surface area contributed by atoms with E-state index in [-0.39, 0.29) is 0 Å². The molecule has 0 spiro atoms. The molecular formula is C21H28N2O5. The van der Waals surface area contributed by atoms with Crippen LogP contribution in [-0.4, -0.2) is 67.0 Å². The first kappa shape index (κ1) is 21.8. The van der Waals surface area contributed by atoms with Gasteiger partial charge in [-0.3, -0.25) is 4.79 Å². The van der Waals surface area contributed by atoms with Gasteiger partial charge >= 0.3 is 0 Å². The zero-order valence-corrected chi connectivity index (χ0v) is 16.5. The van der Waals surface area contributed by atoms with E-state index in [9.17, 15) is 25.2 Å². The highest BCUT2D eigenvalue weighted by atomic mass is 16.5. The third-order valence-corrected chi connectivity index (χ3v) is 4.75. The highest BCUT2D eigenvalue weighted by Gasteiger charge is 2.37. The van der Waals surface area contributed by atoms with Crippen LogP contribution in [0.5, 0.6) is 0 Å². The number of hydrogen-bond donors (Lipinski definition) is 4. The second kappa shape index (κ2) is 9.16. The van der Waals surface area contributed by atoms with Gasteiger partial charge in [0.25, 0.3) is 0 Å². The molecule has 0 aliphatic rings. The Morgan fingerprint density at radius 1 is 0.643 bits per heavy atom. The number of aliphatic hydroxyl groups excluding tert-OH is 2. The SMILES string of the molecule is CN(C)c1ccc(C(C(=O)C(c2ccc(N(C)C)cc2)C(O)O)C(O)O)cc1. The summed E-state index contributed by atoms with van der Waals surface area (Å²) >= 11 is 0. The maximum absolute atomic E-state index is 13.1. The van der Waals surface area contributed by atoms with Gasteiger partial charge in [-0.25, -0.2) is 0 Å². The quantitative estimate of drug-likeness (QED) is 0.498. The highest BCUT2D eigenvalue weighted by Crippen LogP contribution is 2.32. The van der Waals surface area contributed by atoms with Crippen molar-refractivity contribution in [1.82, 2.24) is 0 Å². The van der Waals surface area contributed by atoms with E-state index in [0.717, 1.165) is 11.4 Å². The summed E-state index contributed by atoms with van der Waals surface area (Å²) in [5, 5.41) is 39.5. The van der Waals surface area contributed by atoms with Gasteiger partial charge in [0.15, 0.2) is 18.4 Å². The Hall–Kier alpha value is -2.45. The Balaban J connectivity index is 2.39. The van der Waals surface area contributed by atoms with Gasteiger partial charge in [0.1, 0.15) is 0 Å². The number of aliphatic hydroxyl groups is 4. The van der Waals surface area contributed by atoms with Crippen LogP contribution in [0.25, 0.3) is 0 Å². The number of anilines is 2. The normalized spacial score (nSPS) is 13.5. The van der Waals surface area contributed by atoms with Crippen LogP contribution in [-0.2, 0) is 4.79 Å². The van der Waals surface area contributed by atoms with Crippen molar-refractivity contribution in [2.75, 3.05) is 38.0 Å². The first-order valence-corrected chi connectivity index (χ1v) is 8.94. The average Bonchev–Trinajstić information content (AvgIpc) is 2.62. The fourth-order valence-corrected chi connectivity index (χ4v) is 3.12. The summed E-state index contributed by atoms with van der Waals surface area (Å²) in [7, 11) is 7.48. The summed E-state index contributed by atoms with van der Waals surface area (Å²) in [5.74, 6) is -3.30. The van der Waals surface area contributed by atoms with Crippen LogP contribution in [0.2, 0.25) is 0 Å². The molecule has 0 heterocycles. The molecule has 0 radical (unpaired) electrons. The van der Waals surface area contributed by atoms with E-state index in [2.05, 4.69) is 0 Å². The van der Waals surface area contributed by atoms with Crippen molar-refractivity contribution in [3.63, 3.8) is 0 Å². The lowest BCUT2D eigenvalue weighted by atomic mass is 9.82. The van der Waals surface area contributed by atoms with Gasteiger partial charge in [-0.15, -0.1) is 0 Å². The van der Waals surface area contributed by atoms with E-state index in [1.807, 2.05) is 38.0 Å². The molecule has 0 aromatic heterocycles. The lowest BCUT2D eigenvalue weighted by molar-refractivity contribution is -0.143. The molecule has 0 amide bonds. The van der Waals surface area contributed by atoms with E-state index >= 15 is 0 Å². The van der Waals surface area contributed by atoms with Gasteiger partial charge in [0.2, 0.25) is 0 Å². The molecule has 4 N–H and O–H groups in total. The predicted octanol–water partition coefficient (Wildman–Crippen LogP) is 0.876. The lowest BCUT2D eigenvalue weighted by Crippen LogP contribution is -2.35. The summed E-state index contributed by atoms with van der Waals surface area (Å²) in [5.41, 5.74) is 2.56. The van der Waals surface area contributed by atoms with E-state index < -0.39 is 30.2 Å². The third-order valence-electron chi connectivity index (χ3n) is 4.75. The van der Waals surface area contributed by atoms with E-state index in [0.29, 0.717) is 11.1 Å². The van der Waals surface area contributed by atoms with E-state index in [4.69, 9.17) is 0 Å². The Kier molecular flexibility index (Phi) is 7.15. The van der Waals surface area contributed by atoms with E-state index in [1.165, 1.54) is 0 Å². The van der Waals surface area contributed by atoms with Crippen molar-refractivity contribution in [1.29, 1.82) is 0 Å². The van der Waals surface area contributed by atoms with Crippen molar-refractivity contribution < 1.29 is 25.2 Å². The Morgan fingerprint density at radius 2 is 0.929 bits per heavy atom. The lowest BCUT2D eigenvalue weighted by Gasteiger charge is -2.26. The van der Waals surface area contributed by atoms with Crippen LogP contribution in [0.3, 0.4) is 0 Å². The molecular weight excluding hydrogens is 360 g/mol. The number of hydrogen-bond acceptors (Lipinski definition) is 7. The number of benzene rings is 2. The van der Waals surface area contributed by atoms with Gasteiger partial charge in [-0.05, 0) is 35.4 Å². The Labute approximate surface area is 165 Å². The third kappa shape index (κ3) is 4.88. The molecule has 152 valence electrons. The molecule has 2 rings (SSSR count). The van der Waals surface area contributed by atoms with Crippen molar-refractivity contribution in [2.45, 2.75) is 24.4 Å². The Morgan fingerprint density at radius 3 is 1.14 bits per heavy atom. The monoisotopic (exact) mass is 388 g/mol. The number of Topliss-reactive ketones (excluding diaryl/α,β-unsaturated/α-hetero) is 1. The number of nitrogens with zero attached hydrogens (tertiary/aromatic N) is 2. The maximum atomic E-state index is 13.1. The average molecular weight is 388 g/mol. The minimum atomic E-state index is -1.97. The molecule has 2 aromatic carbocycles. The van der Waals surface area contributed by atoms with Gasteiger partial charge in [0, 0.05) is 39.6 Å². The number of ketones is 1. The number of carbonyl (C=O) groups is 1. The summed E-state index contributed by atoms with van der Waals surface area (Å²) in [6.07, 6.45) is -3.94. The summed E-state index contributed by atoms with van der Waals surface area (Å²) in [4.78, 5) is 16.9. The summed E-state index contributed by atoms with van der Waals surface area (Å²) in [6.45, 7) is 0.